The van der Waals surface area contributed by atoms with E-state index in [1.807, 2.05) is 44.2 Å². The monoisotopic (exact) mass is 332 g/mol. The van der Waals surface area contributed by atoms with E-state index in [9.17, 15) is 14.7 Å². The van der Waals surface area contributed by atoms with Crippen LogP contribution in [0.3, 0.4) is 0 Å². The molecule has 2 rings (SSSR count). The highest BCUT2D eigenvalue weighted by Crippen LogP contribution is 2.22. The Balaban J connectivity index is 1.87. The molecule has 0 aliphatic carbocycles. The Bertz CT molecular complexity index is 571. The lowest BCUT2D eigenvalue weighted by molar-refractivity contribution is -0.129. The van der Waals surface area contributed by atoms with Crippen molar-refractivity contribution >= 4 is 11.8 Å². The number of nitrogens with zero attached hydrogens (tertiary/aromatic N) is 1. The van der Waals surface area contributed by atoms with Gasteiger partial charge in [-0.05, 0) is 18.4 Å². The lowest BCUT2D eigenvalue weighted by Gasteiger charge is -2.30. The number of likely N-dealkylation sites (tertiary alicyclic amines) is 1. The number of amides is 2. The van der Waals surface area contributed by atoms with Crippen molar-refractivity contribution in [2.45, 2.75) is 45.8 Å². The largest absolute Gasteiger partial charge is 0.388 e. The van der Waals surface area contributed by atoms with Crippen LogP contribution in [0.25, 0.3) is 0 Å². The summed E-state index contributed by atoms with van der Waals surface area (Å²) in [5.74, 6) is -0.387. The molecular formula is C19H28N2O3. The molecule has 5 heteroatoms. The van der Waals surface area contributed by atoms with Gasteiger partial charge >= 0.3 is 0 Å². The van der Waals surface area contributed by atoms with Crippen LogP contribution in [0.1, 0.15) is 39.2 Å². The van der Waals surface area contributed by atoms with E-state index < -0.39 is 5.60 Å². The molecule has 3 unspecified atom stereocenters. The molecule has 0 spiro atoms. The van der Waals surface area contributed by atoms with Crippen LogP contribution in [0, 0.1) is 11.8 Å². The minimum atomic E-state index is -0.934. The molecule has 2 amide bonds. The number of nitrogens with one attached hydrogen (secondary N) is 1. The summed E-state index contributed by atoms with van der Waals surface area (Å²) in [4.78, 5) is 26.2. The standard InChI is InChI=1S/C19H28N2O3/c1-4-14(2)19(3,24)13-20-18(23)16-10-17(22)21(12-16)11-15-8-6-5-7-9-15/h5-9,14,16,24H,4,10-13H2,1-3H3,(H,20,23). The lowest BCUT2D eigenvalue weighted by atomic mass is 9.88. The summed E-state index contributed by atoms with van der Waals surface area (Å²) in [5, 5.41) is 13.2. The third-order valence-electron chi connectivity index (χ3n) is 5.10. The molecule has 5 nitrogen and oxygen atoms in total. The summed E-state index contributed by atoms with van der Waals surface area (Å²) in [6.45, 7) is 6.90. The molecule has 1 aliphatic rings. The zero-order valence-corrected chi connectivity index (χ0v) is 14.8. The average Bonchev–Trinajstić information content (AvgIpc) is 2.93. The highest BCUT2D eigenvalue weighted by molar-refractivity contribution is 5.89. The number of hydrogen-bond acceptors (Lipinski definition) is 3. The van der Waals surface area contributed by atoms with E-state index in [1.165, 1.54) is 0 Å². The summed E-state index contributed by atoms with van der Waals surface area (Å²) in [5.41, 5.74) is 0.128. The fourth-order valence-electron chi connectivity index (χ4n) is 2.93. The minimum absolute atomic E-state index is 0.00712. The summed E-state index contributed by atoms with van der Waals surface area (Å²) in [7, 11) is 0. The molecule has 0 saturated carbocycles. The van der Waals surface area contributed by atoms with Gasteiger partial charge in [0.25, 0.3) is 0 Å². The SMILES string of the molecule is CCC(C)C(C)(O)CNC(=O)C1CC(=O)N(Cc2ccccc2)C1. The second-order valence-corrected chi connectivity index (χ2v) is 7.05. The molecule has 24 heavy (non-hydrogen) atoms. The van der Waals surface area contributed by atoms with Crippen LogP contribution >= 0.6 is 0 Å². The molecule has 1 aromatic rings. The van der Waals surface area contributed by atoms with E-state index in [2.05, 4.69) is 5.32 Å². The molecule has 3 atom stereocenters. The maximum atomic E-state index is 12.3. The maximum Gasteiger partial charge on any atom is 0.225 e. The molecule has 132 valence electrons. The van der Waals surface area contributed by atoms with Gasteiger partial charge < -0.3 is 15.3 Å². The van der Waals surface area contributed by atoms with E-state index in [0.29, 0.717) is 13.1 Å². The van der Waals surface area contributed by atoms with Gasteiger partial charge in [0, 0.05) is 26.1 Å². The Hall–Kier alpha value is -1.88. The van der Waals surface area contributed by atoms with Crippen molar-refractivity contribution in [1.29, 1.82) is 0 Å². The van der Waals surface area contributed by atoms with Crippen LogP contribution in [-0.2, 0) is 16.1 Å². The van der Waals surface area contributed by atoms with Gasteiger partial charge in [0.05, 0.1) is 11.5 Å². The quantitative estimate of drug-likeness (QED) is 0.802. The molecule has 0 aromatic heterocycles. The molecular weight excluding hydrogens is 304 g/mol. The molecule has 1 aliphatic heterocycles. The Morgan fingerprint density at radius 2 is 2.08 bits per heavy atom. The van der Waals surface area contributed by atoms with Gasteiger partial charge in [-0.2, -0.15) is 0 Å². The zero-order valence-electron chi connectivity index (χ0n) is 14.8. The summed E-state index contributed by atoms with van der Waals surface area (Å²) >= 11 is 0. The number of carbonyl (C=O) groups is 2. The molecule has 1 saturated heterocycles. The van der Waals surface area contributed by atoms with E-state index in [-0.39, 0.29) is 36.6 Å². The van der Waals surface area contributed by atoms with Crippen molar-refractivity contribution in [3.05, 3.63) is 35.9 Å². The van der Waals surface area contributed by atoms with Crippen LogP contribution in [0.2, 0.25) is 0 Å². The van der Waals surface area contributed by atoms with E-state index in [4.69, 9.17) is 0 Å². The van der Waals surface area contributed by atoms with Gasteiger partial charge in [-0.3, -0.25) is 9.59 Å². The molecule has 0 bridgehead atoms. The number of rotatable bonds is 7. The first-order valence-corrected chi connectivity index (χ1v) is 8.65. The molecule has 1 fully saturated rings. The van der Waals surface area contributed by atoms with Gasteiger partial charge in [0.15, 0.2) is 0 Å². The third kappa shape index (κ3) is 4.57. The first-order chi connectivity index (χ1) is 11.3. The van der Waals surface area contributed by atoms with Gasteiger partial charge in [-0.1, -0.05) is 50.6 Å². The number of carbonyl (C=O) groups excluding carboxylic acids is 2. The molecule has 1 aromatic carbocycles. The smallest absolute Gasteiger partial charge is 0.225 e. The van der Waals surface area contributed by atoms with E-state index in [0.717, 1.165) is 12.0 Å². The topological polar surface area (TPSA) is 69.6 Å². The molecule has 2 N–H and O–H groups in total. The number of aliphatic hydroxyl groups is 1. The second kappa shape index (κ2) is 7.79. The summed E-state index contributed by atoms with van der Waals surface area (Å²) in [6, 6.07) is 9.77. The van der Waals surface area contributed by atoms with Crippen molar-refractivity contribution in [2.24, 2.45) is 11.8 Å². The average molecular weight is 332 g/mol. The van der Waals surface area contributed by atoms with Gasteiger partial charge in [-0.25, -0.2) is 0 Å². The van der Waals surface area contributed by atoms with E-state index >= 15 is 0 Å². The minimum Gasteiger partial charge on any atom is -0.388 e. The summed E-state index contributed by atoms with van der Waals surface area (Å²) in [6.07, 6.45) is 1.08. The van der Waals surface area contributed by atoms with Crippen molar-refractivity contribution in [1.82, 2.24) is 10.2 Å². The third-order valence-corrected chi connectivity index (χ3v) is 5.10. The Morgan fingerprint density at radius 1 is 1.42 bits per heavy atom. The van der Waals surface area contributed by atoms with E-state index in [1.54, 1.807) is 11.8 Å². The Morgan fingerprint density at radius 3 is 2.71 bits per heavy atom. The fourth-order valence-corrected chi connectivity index (χ4v) is 2.93. The van der Waals surface area contributed by atoms with Crippen molar-refractivity contribution in [2.75, 3.05) is 13.1 Å². The molecule has 1 heterocycles. The van der Waals surface area contributed by atoms with Crippen molar-refractivity contribution in [3.8, 4) is 0 Å². The van der Waals surface area contributed by atoms with Gasteiger partial charge in [0.1, 0.15) is 0 Å². The van der Waals surface area contributed by atoms with Crippen LogP contribution < -0.4 is 5.32 Å². The predicted molar refractivity (Wildman–Crippen MR) is 93.1 cm³/mol. The van der Waals surface area contributed by atoms with Crippen LogP contribution in [0.4, 0.5) is 0 Å². The normalized spacial score (nSPS) is 21.4. The van der Waals surface area contributed by atoms with Crippen molar-refractivity contribution < 1.29 is 14.7 Å². The highest BCUT2D eigenvalue weighted by Gasteiger charge is 2.35. The highest BCUT2D eigenvalue weighted by atomic mass is 16.3. The lowest BCUT2D eigenvalue weighted by Crippen LogP contribution is -2.46. The first kappa shape index (κ1) is 18.5. The predicted octanol–water partition coefficient (Wildman–Crippen LogP) is 1.95. The van der Waals surface area contributed by atoms with Gasteiger partial charge in [0.2, 0.25) is 11.8 Å². The fraction of sp³-hybridized carbons (Fsp3) is 0.579. The summed E-state index contributed by atoms with van der Waals surface area (Å²) < 4.78 is 0. The number of hydrogen-bond donors (Lipinski definition) is 2. The van der Waals surface area contributed by atoms with Gasteiger partial charge in [-0.15, -0.1) is 0 Å². The van der Waals surface area contributed by atoms with Crippen LogP contribution in [-0.4, -0.2) is 40.5 Å². The zero-order chi connectivity index (χ0) is 17.7. The first-order valence-electron chi connectivity index (χ1n) is 8.65. The Labute approximate surface area is 144 Å². The second-order valence-electron chi connectivity index (χ2n) is 7.05. The number of benzene rings is 1. The van der Waals surface area contributed by atoms with Crippen LogP contribution in [0.15, 0.2) is 30.3 Å². The molecule has 0 radical (unpaired) electrons. The maximum absolute atomic E-state index is 12.3. The van der Waals surface area contributed by atoms with Crippen LogP contribution in [0.5, 0.6) is 0 Å². The van der Waals surface area contributed by atoms with Crippen molar-refractivity contribution in [3.63, 3.8) is 0 Å². The Kier molecular flexibility index (Phi) is 5.99.